The smallest absolute Gasteiger partial charge is 0.267 e. The molecule has 0 aromatic carbocycles. The van der Waals surface area contributed by atoms with E-state index < -0.39 is 0 Å². The molecule has 0 radical (unpaired) electrons. The molecule has 1 aromatic heterocycles. The highest BCUT2D eigenvalue weighted by molar-refractivity contribution is 7.18. The molecule has 2 aliphatic rings. The molecule has 110 valence electrons. The topological polar surface area (TPSA) is 71.2 Å². The molecular formula is C14H22N4OS. The van der Waals surface area contributed by atoms with Gasteiger partial charge in [0.05, 0.1) is 0 Å². The van der Waals surface area contributed by atoms with Gasteiger partial charge in [0, 0.05) is 19.1 Å². The summed E-state index contributed by atoms with van der Waals surface area (Å²) in [6, 6.07) is 0.531. The van der Waals surface area contributed by atoms with Crippen molar-refractivity contribution in [2.24, 2.45) is 5.92 Å². The quantitative estimate of drug-likeness (QED) is 0.895. The maximum Gasteiger partial charge on any atom is 0.267 e. The molecule has 1 saturated carbocycles. The van der Waals surface area contributed by atoms with E-state index in [0.717, 1.165) is 37.0 Å². The summed E-state index contributed by atoms with van der Waals surface area (Å²) < 4.78 is 0. The molecule has 1 aliphatic carbocycles. The van der Waals surface area contributed by atoms with E-state index in [1.807, 2.05) is 4.90 Å². The molecule has 5 nitrogen and oxygen atoms in total. The summed E-state index contributed by atoms with van der Waals surface area (Å²) in [6.45, 7) is 3.92. The third-order valence-corrected chi connectivity index (χ3v) is 5.22. The number of likely N-dealkylation sites (tertiary alicyclic amines) is 1. The number of hydrogen-bond acceptors (Lipinski definition) is 5. The van der Waals surface area contributed by atoms with Crippen molar-refractivity contribution in [1.29, 1.82) is 0 Å². The number of nitrogens with one attached hydrogen (secondary N) is 1. The van der Waals surface area contributed by atoms with Crippen molar-refractivity contribution < 1.29 is 4.79 Å². The van der Waals surface area contributed by atoms with Gasteiger partial charge in [0.2, 0.25) is 0 Å². The first-order chi connectivity index (χ1) is 9.67. The molecule has 20 heavy (non-hydrogen) atoms. The molecule has 1 aliphatic heterocycles. The molecule has 3 rings (SSSR count). The molecule has 0 unspecified atom stereocenters. The Balaban J connectivity index is 1.65. The minimum absolute atomic E-state index is 0.0541. The number of anilines is 2. The Bertz CT molecular complexity index is 489. The van der Waals surface area contributed by atoms with Crippen LogP contribution in [-0.2, 0) is 0 Å². The Morgan fingerprint density at radius 3 is 2.70 bits per heavy atom. The van der Waals surface area contributed by atoms with Crippen LogP contribution in [0.5, 0.6) is 0 Å². The van der Waals surface area contributed by atoms with Gasteiger partial charge in [0.25, 0.3) is 5.91 Å². The Hall–Kier alpha value is -1.30. The van der Waals surface area contributed by atoms with Gasteiger partial charge in [-0.05, 0) is 31.6 Å². The summed E-state index contributed by atoms with van der Waals surface area (Å²) >= 11 is 1.40. The number of carbonyl (C=O) groups is 1. The number of amides is 1. The number of piperidine rings is 1. The number of thiazole rings is 1. The minimum Gasteiger partial charge on any atom is -0.382 e. The van der Waals surface area contributed by atoms with Gasteiger partial charge >= 0.3 is 0 Å². The summed E-state index contributed by atoms with van der Waals surface area (Å²) in [5.41, 5.74) is 5.91. The molecule has 0 atom stereocenters. The van der Waals surface area contributed by atoms with Gasteiger partial charge in [-0.15, -0.1) is 0 Å². The highest BCUT2D eigenvalue weighted by atomic mass is 32.1. The first-order valence-corrected chi connectivity index (χ1v) is 8.31. The largest absolute Gasteiger partial charge is 0.382 e. The molecule has 2 heterocycles. The zero-order chi connectivity index (χ0) is 14.1. The SMILES string of the molecule is CCC1CCN(C(=O)c2sc(NC3CC3)nc2N)CC1. The normalized spacial score (nSPS) is 20.1. The van der Waals surface area contributed by atoms with Crippen molar-refractivity contribution in [3.05, 3.63) is 4.88 Å². The predicted molar refractivity (Wildman–Crippen MR) is 82.1 cm³/mol. The number of nitrogen functional groups attached to an aromatic ring is 1. The lowest BCUT2D eigenvalue weighted by molar-refractivity contribution is 0.0694. The minimum atomic E-state index is 0.0541. The van der Waals surface area contributed by atoms with Crippen molar-refractivity contribution in [3.8, 4) is 0 Å². The summed E-state index contributed by atoms with van der Waals surface area (Å²) in [5.74, 6) is 1.20. The van der Waals surface area contributed by atoms with E-state index in [0.29, 0.717) is 16.7 Å². The van der Waals surface area contributed by atoms with Crippen LogP contribution in [0.3, 0.4) is 0 Å². The van der Waals surface area contributed by atoms with Crippen LogP contribution in [0.2, 0.25) is 0 Å². The Kier molecular flexibility index (Phi) is 3.83. The average molecular weight is 294 g/mol. The maximum absolute atomic E-state index is 12.5. The maximum atomic E-state index is 12.5. The van der Waals surface area contributed by atoms with Crippen LogP contribution < -0.4 is 11.1 Å². The summed E-state index contributed by atoms with van der Waals surface area (Å²) in [7, 11) is 0. The highest BCUT2D eigenvalue weighted by Crippen LogP contribution is 2.32. The van der Waals surface area contributed by atoms with Crippen molar-refractivity contribution in [1.82, 2.24) is 9.88 Å². The lowest BCUT2D eigenvalue weighted by Gasteiger charge is -2.31. The van der Waals surface area contributed by atoms with Gasteiger partial charge in [-0.2, -0.15) is 0 Å². The van der Waals surface area contributed by atoms with Gasteiger partial charge in [0.1, 0.15) is 10.7 Å². The van der Waals surface area contributed by atoms with Gasteiger partial charge in [0.15, 0.2) is 5.13 Å². The second-order valence-corrected chi connectivity index (χ2v) is 6.79. The lowest BCUT2D eigenvalue weighted by Crippen LogP contribution is -2.38. The number of rotatable bonds is 4. The van der Waals surface area contributed by atoms with Crippen LogP contribution in [-0.4, -0.2) is 34.9 Å². The fourth-order valence-electron chi connectivity index (χ4n) is 2.64. The molecule has 1 aromatic rings. The molecule has 6 heteroatoms. The van der Waals surface area contributed by atoms with E-state index in [2.05, 4.69) is 17.2 Å². The van der Waals surface area contributed by atoms with Gasteiger partial charge in [-0.1, -0.05) is 24.7 Å². The lowest BCUT2D eigenvalue weighted by atomic mass is 9.94. The number of hydrogen-bond donors (Lipinski definition) is 2. The van der Waals surface area contributed by atoms with Crippen LogP contribution in [0.25, 0.3) is 0 Å². The number of nitrogens with zero attached hydrogens (tertiary/aromatic N) is 2. The number of aromatic nitrogens is 1. The molecule has 0 bridgehead atoms. The third kappa shape index (κ3) is 2.90. The standard InChI is InChI=1S/C14H22N4OS/c1-2-9-5-7-18(8-6-9)13(19)11-12(15)17-14(20-11)16-10-3-4-10/h9-10H,2-8,15H2,1H3,(H,16,17). The second kappa shape index (κ2) is 5.60. The average Bonchev–Trinajstić information content (AvgIpc) is 3.20. The molecule has 1 saturated heterocycles. The predicted octanol–water partition coefficient (Wildman–Crippen LogP) is 2.56. The van der Waals surface area contributed by atoms with Gasteiger partial charge in [-0.25, -0.2) is 4.98 Å². The zero-order valence-electron chi connectivity index (χ0n) is 11.9. The monoisotopic (exact) mass is 294 g/mol. The second-order valence-electron chi connectivity index (χ2n) is 5.80. The Morgan fingerprint density at radius 1 is 1.40 bits per heavy atom. The Labute approximate surface area is 123 Å². The van der Waals surface area contributed by atoms with Crippen molar-refractivity contribution in [2.45, 2.75) is 45.1 Å². The number of carbonyl (C=O) groups excluding carboxylic acids is 1. The zero-order valence-corrected chi connectivity index (χ0v) is 12.7. The summed E-state index contributed by atoms with van der Waals surface area (Å²) in [4.78, 5) is 19.3. The summed E-state index contributed by atoms with van der Waals surface area (Å²) in [5, 5.41) is 4.10. The van der Waals surface area contributed by atoms with Crippen molar-refractivity contribution >= 4 is 28.2 Å². The van der Waals surface area contributed by atoms with Crippen LogP contribution in [0.4, 0.5) is 10.9 Å². The highest BCUT2D eigenvalue weighted by Gasteiger charge is 2.28. The van der Waals surface area contributed by atoms with E-state index in [1.54, 1.807) is 0 Å². The first-order valence-electron chi connectivity index (χ1n) is 7.49. The molecule has 1 amide bonds. The molecule has 2 fully saturated rings. The van der Waals surface area contributed by atoms with Crippen molar-refractivity contribution in [2.75, 3.05) is 24.1 Å². The first kappa shape index (κ1) is 13.7. The van der Waals surface area contributed by atoms with Crippen LogP contribution in [0.1, 0.15) is 48.7 Å². The van der Waals surface area contributed by atoms with E-state index in [9.17, 15) is 4.79 Å². The van der Waals surface area contributed by atoms with Gasteiger partial charge in [-0.3, -0.25) is 4.79 Å². The van der Waals surface area contributed by atoms with E-state index in [4.69, 9.17) is 5.73 Å². The van der Waals surface area contributed by atoms with Crippen LogP contribution >= 0.6 is 11.3 Å². The molecule has 0 spiro atoms. The van der Waals surface area contributed by atoms with Gasteiger partial charge < -0.3 is 16.0 Å². The fourth-order valence-corrected chi connectivity index (χ4v) is 3.57. The number of nitrogens with two attached hydrogens (primary N) is 1. The van der Waals surface area contributed by atoms with Crippen LogP contribution in [0.15, 0.2) is 0 Å². The Morgan fingerprint density at radius 2 is 2.10 bits per heavy atom. The van der Waals surface area contributed by atoms with E-state index in [-0.39, 0.29) is 5.91 Å². The van der Waals surface area contributed by atoms with E-state index in [1.165, 1.54) is 30.6 Å². The van der Waals surface area contributed by atoms with Crippen molar-refractivity contribution in [3.63, 3.8) is 0 Å². The molecular weight excluding hydrogens is 272 g/mol. The van der Waals surface area contributed by atoms with E-state index >= 15 is 0 Å². The molecule has 3 N–H and O–H groups in total. The summed E-state index contributed by atoms with van der Waals surface area (Å²) in [6.07, 6.45) is 5.79. The van der Waals surface area contributed by atoms with Crippen LogP contribution in [0, 0.1) is 5.92 Å². The third-order valence-electron chi connectivity index (χ3n) is 4.23. The fraction of sp³-hybridized carbons (Fsp3) is 0.714.